The predicted octanol–water partition coefficient (Wildman–Crippen LogP) is 7.69. The molecule has 0 saturated carbocycles. The van der Waals surface area contributed by atoms with Crippen molar-refractivity contribution < 1.29 is 24.2 Å². The second kappa shape index (κ2) is 12.5. The highest BCUT2D eigenvalue weighted by atomic mass is 79.9. The van der Waals surface area contributed by atoms with E-state index in [1.165, 1.54) is 0 Å². The van der Waals surface area contributed by atoms with Crippen LogP contribution in [0.25, 0.3) is 6.08 Å². The van der Waals surface area contributed by atoms with Crippen LogP contribution in [-0.2, 0) is 16.1 Å². The lowest BCUT2D eigenvalue weighted by atomic mass is 10.1. The Morgan fingerprint density at radius 1 is 1.08 bits per heavy atom. The quantitative estimate of drug-likeness (QED) is 0.275. The smallest absolute Gasteiger partial charge is 0.344 e. The number of aryl methyl sites for hydroxylation is 1. The van der Waals surface area contributed by atoms with E-state index >= 15 is 0 Å². The van der Waals surface area contributed by atoms with Gasteiger partial charge in [-0.3, -0.25) is 4.79 Å². The topological polar surface area (TPSA) is 85.2 Å². The van der Waals surface area contributed by atoms with E-state index in [0.29, 0.717) is 33.4 Å². The molecule has 0 atom stereocenters. The highest BCUT2D eigenvalue weighted by molar-refractivity contribution is 9.10. The maximum Gasteiger partial charge on any atom is 0.344 e. The van der Waals surface area contributed by atoms with Gasteiger partial charge < -0.3 is 14.6 Å². The number of halogens is 2. The van der Waals surface area contributed by atoms with Crippen molar-refractivity contribution in [2.75, 3.05) is 6.61 Å². The summed E-state index contributed by atoms with van der Waals surface area (Å²) in [5.41, 5.74) is 2.88. The van der Waals surface area contributed by atoms with Gasteiger partial charge in [-0.15, -0.1) is 0 Å². The van der Waals surface area contributed by atoms with Crippen molar-refractivity contribution in [3.8, 4) is 5.75 Å². The molecule has 1 heterocycles. The van der Waals surface area contributed by atoms with Crippen molar-refractivity contribution in [2.45, 2.75) is 20.5 Å². The average molecular weight is 613 g/mol. The third kappa shape index (κ3) is 6.75. The fourth-order valence-corrected chi connectivity index (χ4v) is 4.98. The number of hydrogen-bond donors (Lipinski definition) is 1. The first-order valence-electron chi connectivity index (χ1n) is 11.6. The number of aliphatic hydroxyl groups is 1. The van der Waals surface area contributed by atoms with Gasteiger partial charge in [-0.1, -0.05) is 75.2 Å². The largest absolute Gasteiger partial charge is 0.506 e. The van der Waals surface area contributed by atoms with Crippen LogP contribution >= 0.6 is 39.3 Å². The number of aliphatic hydroxyl groups excluding tert-OH is 1. The lowest BCUT2D eigenvalue weighted by Gasteiger charge is -2.09. The number of amides is 1. The second-order valence-electron chi connectivity index (χ2n) is 8.25. The highest BCUT2D eigenvalue weighted by Gasteiger charge is 2.34. The molecule has 1 aliphatic rings. The summed E-state index contributed by atoms with van der Waals surface area (Å²) in [5, 5.41) is 11.3. The number of ether oxygens (including phenoxy) is 2. The number of benzene rings is 3. The molecular weight excluding hydrogens is 590 g/mol. The van der Waals surface area contributed by atoms with E-state index in [1.54, 1.807) is 55.5 Å². The molecule has 0 aromatic heterocycles. The highest BCUT2D eigenvalue weighted by Crippen LogP contribution is 2.40. The van der Waals surface area contributed by atoms with Crippen LogP contribution < -0.4 is 4.74 Å². The molecule has 4 rings (SSSR count). The van der Waals surface area contributed by atoms with Crippen molar-refractivity contribution in [1.29, 1.82) is 0 Å². The molecule has 1 amide bonds. The third-order valence-electron chi connectivity index (χ3n) is 5.43. The maximum atomic E-state index is 12.8. The molecule has 0 aliphatic carbocycles. The van der Waals surface area contributed by atoms with Crippen LogP contribution in [0.1, 0.15) is 34.0 Å². The number of carbonyl (C=O) groups is 2. The normalized spacial score (nSPS) is 15.3. The van der Waals surface area contributed by atoms with Crippen molar-refractivity contribution in [1.82, 2.24) is 0 Å². The van der Waals surface area contributed by atoms with Crippen molar-refractivity contribution in [3.63, 3.8) is 0 Å². The molecule has 1 aliphatic heterocycles. The summed E-state index contributed by atoms with van der Waals surface area (Å²) in [6, 6.07) is 19.9. The van der Waals surface area contributed by atoms with Gasteiger partial charge in [0, 0.05) is 10.0 Å². The Balaban J connectivity index is 1.58. The van der Waals surface area contributed by atoms with E-state index in [2.05, 4.69) is 20.9 Å². The molecule has 0 unspecified atom stereocenters. The summed E-state index contributed by atoms with van der Waals surface area (Å²) in [4.78, 5) is 29.8. The molecule has 3 aromatic carbocycles. The number of rotatable bonds is 7. The first-order chi connectivity index (χ1) is 18.2. The average Bonchev–Trinajstić information content (AvgIpc) is 3.19. The van der Waals surface area contributed by atoms with E-state index in [4.69, 9.17) is 21.1 Å². The number of esters is 1. The molecule has 0 bridgehead atoms. The molecule has 6 nitrogen and oxygen atoms in total. The van der Waals surface area contributed by atoms with Gasteiger partial charge in [0.25, 0.3) is 5.91 Å². The molecule has 194 valence electrons. The van der Waals surface area contributed by atoms with Crippen LogP contribution in [0, 0.1) is 6.92 Å². The monoisotopic (exact) mass is 611 g/mol. The lowest BCUT2D eigenvalue weighted by molar-refractivity contribution is -0.138. The summed E-state index contributed by atoms with van der Waals surface area (Å²) in [5.74, 6) is -1.09. The Morgan fingerprint density at radius 3 is 2.45 bits per heavy atom. The van der Waals surface area contributed by atoms with Crippen molar-refractivity contribution in [3.05, 3.63) is 115 Å². The van der Waals surface area contributed by atoms with Gasteiger partial charge in [-0.2, -0.15) is 0 Å². The first kappa shape index (κ1) is 27.7. The fraction of sp³-hybridized carbons (Fsp3) is 0.138. The number of hydrogen-bond acceptors (Lipinski definition) is 6. The molecule has 0 radical (unpaired) electrons. The molecule has 3 aromatic rings. The zero-order chi connectivity index (χ0) is 27.2. The Morgan fingerprint density at radius 2 is 1.79 bits per heavy atom. The second-order valence-corrected chi connectivity index (χ2v) is 10.6. The number of aliphatic imine (C=N–C) groups is 1. The van der Waals surface area contributed by atoms with Crippen molar-refractivity contribution in [2.24, 2.45) is 4.99 Å². The van der Waals surface area contributed by atoms with E-state index in [1.807, 2.05) is 31.2 Å². The summed E-state index contributed by atoms with van der Waals surface area (Å²) in [7, 11) is 0. The number of thioether (sulfide) groups is 1. The summed E-state index contributed by atoms with van der Waals surface area (Å²) in [6.07, 6.45) is 1.66. The Bertz CT molecular complexity index is 1460. The predicted molar refractivity (Wildman–Crippen MR) is 155 cm³/mol. The van der Waals surface area contributed by atoms with Crippen molar-refractivity contribution >= 4 is 62.3 Å². The fourth-order valence-electron chi connectivity index (χ4n) is 3.46. The zero-order valence-electron chi connectivity index (χ0n) is 20.5. The standard InChI is InChI=1S/C29H23BrClNO5S/c1-3-36-29(35)25-26(33)24(38-28(25)32-27(34)20-9-4-17(2)5-10-20)15-19-8-13-23(22(31)14-19)37-16-18-6-11-21(30)12-7-18/h4-15,33H,3,16H2,1-2H3/b24-15-,32-28?. The van der Waals surface area contributed by atoms with Gasteiger partial charge in [-0.05, 0) is 67.4 Å². The van der Waals surface area contributed by atoms with Crippen LogP contribution in [0.5, 0.6) is 5.75 Å². The maximum absolute atomic E-state index is 12.8. The lowest BCUT2D eigenvalue weighted by Crippen LogP contribution is -2.14. The summed E-state index contributed by atoms with van der Waals surface area (Å²) < 4.78 is 11.9. The van der Waals surface area contributed by atoms with Gasteiger partial charge in [0.2, 0.25) is 0 Å². The van der Waals surface area contributed by atoms with Crippen LogP contribution in [0.3, 0.4) is 0 Å². The molecule has 1 N–H and O–H groups in total. The molecule has 9 heteroatoms. The minimum Gasteiger partial charge on any atom is -0.506 e. The Labute approximate surface area is 238 Å². The molecular formula is C29H23BrClNO5S. The number of nitrogens with zero attached hydrogens (tertiary/aromatic N) is 1. The molecule has 38 heavy (non-hydrogen) atoms. The minimum absolute atomic E-state index is 0.0679. The van der Waals surface area contributed by atoms with Crippen LogP contribution in [-0.4, -0.2) is 28.6 Å². The summed E-state index contributed by atoms with van der Waals surface area (Å²) >= 11 is 10.9. The van der Waals surface area contributed by atoms with E-state index < -0.39 is 11.9 Å². The molecule has 0 fully saturated rings. The van der Waals surface area contributed by atoms with Gasteiger partial charge in [0.1, 0.15) is 28.7 Å². The van der Waals surface area contributed by atoms with Crippen LogP contribution in [0.2, 0.25) is 5.02 Å². The van der Waals surface area contributed by atoms with E-state index in [-0.39, 0.29) is 23.0 Å². The number of carbonyl (C=O) groups excluding carboxylic acids is 2. The SMILES string of the molecule is CCOC(=O)C1=C(O)/C(=C/c2ccc(OCc3ccc(Br)cc3)c(Cl)c2)SC1=NC(=O)c1ccc(C)cc1. The van der Waals surface area contributed by atoms with Gasteiger partial charge >= 0.3 is 5.97 Å². The van der Waals surface area contributed by atoms with Gasteiger partial charge in [0.05, 0.1) is 16.5 Å². The van der Waals surface area contributed by atoms with E-state index in [9.17, 15) is 14.7 Å². The van der Waals surface area contributed by atoms with E-state index in [0.717, 1.165) is 27.4 Å². The third-order valence-corrected chi connectivity index (χ3v) is 7.28. The molecule has 0 saturated heterocycles. The Kier molecular flexibility index (Phi) is 9.09. The van der Waals surface area contributed by atoms with Crippen LogP contribution in [0.15, 0.2) is 92.4 Å². The minimum atomic E-state index is -0.758. The van der Waals surface area contributed by atoms with Gasteiger partial charge in [-0.25, -0.2) is 9.79 Å². The van der Waals surface area contributed by atoms with Gasteiger partial charge in [0.15, 0.2) is 0 Å². The van der Waals surface area contributed by atoms with Crippen LogP contribution in [0.4, 0.5) is 0 Å². The first-order valence-corrected chi connectivity index (χ1v) is 13.6. The zero-order valence-corrected chi connectivity index (χ0v) is 23.7. The molecule has 0 spiro atoms. The summed E-state index contributed by atoms with van der Waals surface area (Å²) in [6.45, 7) is 4.03. The Hall–Kier alpha value is -3.33.